The molecule has 0 bridgehead atoms. The fourth-order valence-corrected chi connectivity index (χ4v) is 9.17. The van der Waals surface area contributed by atoms with Gasteiger partial charge >= 0.3 is 0 Å². The zero-order valence-corrected chi connectivity index (χ0v) is 31.7. The number of rotatable bonds is 7. The van der Waals surface area contributed by atoms with Crippen LogP contribution in [-0.4, -0.2) is 14.5 Å². The average Bonchev–Trinajstić information content (AvgIpc) is 3.79. The van der Waals surface area contributed by atoms with Crippen LogP contribution in [0, 0.1) is 11.6 Å². The van der Waals surface area contributed by atoms with E-state index in [-0.39, 0.29) is 11.6 Å². The number of anilines is 3. The van der Waals surface area contributed by atoms with Gasteiger partial charge in [0, 0.05) is 33.4 Å². The summed E-state index contributed by atoms with van der Waals surface area (Å²) in [5.74, 6) is -0.118. The van der Waals surface area contributed by atoms with Crippen molar-refractivity contribution in [1.29, 1.82) is 0 Å². The van der Waals surface area contributed by atoms with Crippen LogP contribution in [-0.2, 0) is 5.41 Å². The third-order valence-electron chi connectivity index (χ3n) is 11.7. The van der Waals surface area contributed by atoms with Gasteiger partial charge in [0.2, 0.25) is 0 Å². The molecule has 0 atom stereocenters. The van der Waals surface area contributed by atoms with Crippen molar-refractivity contribution in [3.05, 3.63) is 240 Å². The molecular formula is C53H34F2N4. The van der Waals surface area contributed by atoms with Gasteiger partial charge in [-0.05, 0) is 118 Å². The Bertz CT molecular complexity index is 3080. The van der Waals surface area contributed by atoms with E-state index in [9.17, 15) is 8.78 Å². The predicted molar refractivity (Wildman–Crippen MR) is 234 cm³/mol. The largest absolute Gasteiger partial charge is 0.309 e. The number of aromatic nitrogens is 3. The molecule has 0 fully saturated rings. The molecule has 2 aromatic heterocycles. The fraction of sp³-hybridized carbons (Fsp3) is 0.0189. The Morgan fingerprint density at radius 3 is 1.66 bits per heavy atom. The van der Waals surface area contributed by atoms with Gasteiger partial charge in [0.1, 0.15) is 11.6 Å². The first kappa shape index (κ1) is 34.5. The summed E-state index contributed by atoms with van der Waals surface area (Å²) in [4.78, 5) is 11.5. The fourth-order valence-electron chi connectivity index (χ4n) is 9.17. The molecule has 1 aliphatic carbocycles. The van der Waals surface area contributed by atoms with Crippen LogP contribution < -0.4 is 4.90 Å². The Kier molecular flexibility index (Phi) is 8.05. The summed E-state index contributed by atoms with van der Waals surface area (Å²) in [6.45, 7) is 0. The Hall–Kier alpha value is -7.70. The maximum absolute atomic E-state index is 13.9. The van der Waals surface area contributed by atoms with E-state index in [1.807, 2.05) is 4.90 Å². The van der Waals surface area contributed by atoms with Gasteiger partial charge in [-0.2, -0.15) is 0 Å². The molecule has 0 saturated heterocycles. The van der Waals surface area contributed by atoms with E-state index >= 15 is 0 Å². The number of halogens is 2. The van der Waals surface area contributed by atoms with Gasteiger partial charge in [-0.15, -0.1) is 0 Å². The van der Waals surface area contributed by atoms with Crippen molar-refractivity contribution < 1.29 is 8.78 Å². The van der Waals surface area contributed by atoms with E-state index in [0.29, 0.717) is 22.9 Å². The zero-order chi connectivity index (χ0) is 39.5. The zero-order valence-electron chi connectivity index (χ0n) is 31.7. The van der Waals surface area contributed by atoms with Crippen LogP contribution in [0.2, 0.25) is 0 Å². The second-order valence-electron chi connectivity index (χ2n) is 14.9. The van der Waals surface area contributed by atoms with E-state index in [0.717, 1.165) is 33.1 Å². The molecule has 0 amide bonds. The number of para-hydroxylation sites is 1. The first-order valence-corrected chi connectivity index (χ1v) is 19.6. The van der Waals surface area contributed by atoms with Gasteiger partial charge in [0.25, 0.3) is 0 Å². The molecule has 11 rings (SSSR count). The number of nitrogens with zero attached hydrogens (tertiary/aromatic N) is 4. The van der Waals surface area contributed by atoms with E-state index < -0.39 is 5.41 Å². The van der Waals surface area contributed by atoms with Crippen LogP contribution in [0.5, 0.6) is 0 Å². The number of hydrogen-bond donors (Lipinski definition) is 0. The smallest absolute Gasteiger partial charge is 0.159 e. The third-order valence-corrected chi connectivity index (χ3v) is 11.7. The normalized spacial score (nSPS) is 12.7. The monoisotopic (exact) mass is 764 g/mol. The standard InChI is InChI=1S/C53H34F2N4/c54-38-20-24-40(25-21-38)58(41-26-22-39(55)23-27-41)43-33-56-52(57-34-43)35-19-30-51-47(31-35)46-16-8-10-18-50(46)59(51)42-28-29-45-44-15-7-9-17-48(44)53(49(45)32-42,36-11-3-1-4-12-36)37-13-5-2-6-14-37/h1-34H. The number of hydrogen-bond acceptors (Lipinski definition) is 3. The molecule has 59 heavy (non-hydrogen) atoms. The summed E-state index contributed by atoms with van der Waals surface area (Å²) < 4.78 is 30.2. The Morgan fingerprint density at radius 2 is 1.00 bits per heavy atom. The molecule has 8 aromatic carbocycles. The van der Waals surface area contributed by atoms with E-state index in [4.69, 9.17) is 9.97 Å². The van der Waals surface area contributed by atoms with Crippen molar-refractivity contribution in [3.63, 3.8) is 0 Å². The lowest BCUT2D eigenvalue weighted by Gasteiger charge is -2.34. The second kappa shape index (κ2) is 13.7. The molecule has 0 spiro atoms. The highest BCUT2D eigenvalue weighted by Gasteiger charge is 2.46. The molecule has 2 heterocycles. The highest BCUT2D eigenvalue weighted by atomic mass is 19.1. The lowest BCUT2D eigenvalue weighted by atomic mass is 9.67. The summed E-state index contributed by atoms with van der Waals surface area (Å²) in [6.07, 6.45) is 3.49. The van der Waals surface area contributed by atoms with Gasteiger partial charge in [-0.3, -0.25) is 0 Å². The van der Waals surface area contributed by atoms with Crippen molar-refractivity contribution in [2.45, 2.75) is 5.41 Å². The molecular weight excluding hydrogens is 731 g/mol. The number of fused-ring (bicyclic) bond motifs is 6. The van der Waals surface area contributed by atoms with Crippen LogP contribution in [0.15, 0.2) is 207 Å². The maximum Gasteiger partial charge on any atom is 0.159 e. The minimum atomic E-state index is -0.511. The quantitative estimate of drug-likeness (QED) is 0.162. The van der Waals surface area contributed by atoms with Crippen molar-refractivity contribution in [3.8, 4) is 28.2 Å². The van der Waals surface area contributed by atoms with E-state index in [1.165, 1.54) is 57.6 Å². The summed E-state index contributed by atoms with van der Waals surface area (Å²) >= 11 is 0. The Labute approximate surface area is 340 Å². The van der Waals surface area contributed by atoms with Crippen molar-refractivity contribution >= 4 is 38.9 Å². The molecule has 0 unspecified atom stereocenters. The van der Waals surface area contributed by atoms with Crippen LogP contribution in [0.1, 0.15) is 22.3 Å². The highest BCUT2D eigenvalue weighted by Crippen LogP contribution is 2.56. The van der Waals surface area contributed by atoms with Gasteiger partial charge in [0.05, 0.1) is 34.5 Å². The molecule has 1 aliphatic rings. The van der Waals surface area contributed by atoms with Gasteiger partial charge in [0.15, 0.2) is 5.82 Å². The van der Waals surface area contributed by atoms with Gasteiger partial charge in [-0.25, -0.2) is 18.7 Å². The van der Waals surface area contributed by atoms with Crippen molar-refractivity contribution in [1.82, 2.24) is 14.5 Å². The Morgan fingerprint density at radius 1 is 0.441 bits per heavy atom. The third kappa shape index (κ3) is 5.48. The first-order chi connectivity index (χ1) is 29.1. The summed E-state index contributed by atoms with van der Waals surface area (Å²) in [7, 11) is 0. The minimum Gasteiger partial charge on any atom is -0.309 e. The number of benzene rings is 8. The lowest BCUT2D eigenvalue weighted by Crippen LogP contribution is -2.28. The minimum absolute atomic E-state index is 0.342. The molecule has 6 heteroatoms. The first-order valence-electron chi connectivity index (χ1n) is 19.6. The van der Waals surface area contributed by atoms with Crippen LogP contribution in [0.25, 0.3) is 50.0 Å². The van der Waals surface area contributed by atoms with Gasteiger partial charge in [-0.1, -0.05) is 109 Å². The predicted octanol–water partition coefficient (Wildman–Crippen LogP) is 13.4. The molecule has 280 valence electrons. The summed E-state index contributed by atoms with van der Waals surface area (Å²) in [5.41, 5.74) is 13.1. The molecule has 0 saturated carbocycles. The SMILES string of the molecule is Fc1ccc(N(c2ccc(F)cc2)c2cnc(-c3ccc4c(c3)c3ccccc3n4-c3ccc4c(c3)C(c3ccccc3)(c3ccccc3)c3ccccc3-4)nc2)cc1. The highest BCUT2D eigenvalue weighted by molar-refractivity contribution is 6.10. The van der Waals surface area contributed by atoms with Crippen LogP contribution in [0.4, 0.5) is 25.8 Å². The van der Waals surface area contributed by atoms with Crippen molar-refractivity contribution in [2.24, 2.45) is 0 Å². The van der Waals surface area contributed by atoms with E-state index in [2.05, 4.69) is 150 Å². The molecule has 0 aliphatic heterocycles. The summed E-state index contributed by atoms with van der Waals surface area (Å²) in [5, 5.41) is 2.21. The van der Waals surface area contributed by atoms with Gasteiger partial charge < -0.3 is 9.47 Å². The molecule has 10 aromatic rings. The molecule has 0 N–H and O–H groups in total. The van der Waals surface area contributed by atoms with Crippen LogP contribution in [0.3, 0.4) is 0 Å². The second-order valence-corrected chi connectivity index (χ2v) is 14.9. The van der Waals surface area contributed by atoms with Crippen LogP contribution >= 0.6 is 0 Å². The molecule has 0 radical (unpaired) electrons. The lowest BCUT2D eigenvalue weighted by molar-refractivity contribution is 0.628. The molecule has 4 nitrogen and oxygen atoms in total. The Balaban J connectivity index is 1.05. The van der Waals surface area contributed by atoms with E-state index in [1.54, 1.807) is 36.7 Å². The summed E-state index contributed by atoms with van der Waals surface area (Å²) in [6, 6.07) is 64.8. The average molecular weight is 765 g/mol. The van der Waals surface area contributed by atoms with Crippen molar-refractivity contribution in [2.75, 3.05) is 4.90 Å². The maximum atomic E-state index is 13.9. The topological polar surface area (TPSA) is 34.0 Å².